The number of hydrogen-bond donors (Lipinski definition) is 2. The van der Waals surface area contributed by atoms with E-state index >= 15 is 4.39 Å². The Morgan fingerprint density at radius 1 is 1.18 bits per heavy atom. The third-order valence-electron chi connectivity index (χ3n) is 6.95. The second-order valence-corrected chi connectivity index (χ2v) is 8.69. The number of rotatable bonds is 5. The summed E-state index contributed by atoms with van der Waals surface area (Å²) in [7, 11) is 1.59. The highest BCUT2D eigenvalue weighted by Crippen LogP contribution is 2.37. The fourth-order valence-corrected chi connectivity index (χ4v) is 4.94. The molecule has 3 aromatic rings. The predicted octanol–water partition coefficient (Wildman–Crippen LogP) is 2.23. The van der Waals surface area contributed by atoms with Crippen LogP contribution in [0.25, 0.3) is 11.0 Å². The summed E-state index contributed by atoms with van der Waals surface area (Å²) < 4.78 is 15.3. The number of H-pyrrole nitrogens is 1. The van der Waals surface area contributed by atoms with Crippen LogP contribution in [0.2, 0.25) is 0 Å². The summed E-state index contributed by atoms with van der Waals surface area (Å²) in [6, 6.07) is 6.00. The molecule has 2 fully saturated rings. The van der Waals surface area contributed by atoms with E-state index in [-0.39, 0.29) is 17.0 Å². The van der Waals surface area contributed by atoms with Gasteiger partial charge in [-0.05, 0) is 37.5 Å². The molecule has 1 unspecified atom stereocenters. The fraction of sp³-hybridized carbons (Fsp3) is 0.417. The molecule has 4 heterocycles. The fourth-order valence-electron chi connectivity index (χ4n) is 4.94. The highest BCUT2D eigenvalue weighted by atomic mass is 19.1. The average Bonchev–Trinajstić information content (AvgIpc) is 2.81. The number of carbonyl (C=O) groups is 1. The van der Waals surface area contributed by atoms with Crippen LogP contribution in [0.4, 0.5) is 10.1 Å². The van der Waals surface area contributed by atoms with Crippen molar-refractivity contribution in [3.05, 3.63) is 63.6 Å². The predicted molar refractivity (Wildman–Crippen MR) is 124 cm³/mol. The van der Waals surface area contributed by atoms with Gasteiger partial charge in [0.05, 0.1) is 17.4 Å². The summed E-state index contributed by atoms with van der Waals surface area (Å²) in [6.07, 6.45) is 6.03. The third-order valence-corrected chi connectivity index (χ3v) is 6.95. The van der Waals surface area contributed by atoms with Gasteiger partial charge in [0.15, 0.2) is 5.82 Å². The van der Waals surface area contributed by atoms with Gasteiger partial charge < -0.3 is 15.2 Å². The number of aromatic nitrogens is 3. The largest absolute Gasteiger partial charge is 0.364 e. The lowest BCUT2D eigenvalue weighted by atomic mass is 9.81. The zero-order chi connectivity index (χ0) is 23.1. The Kier molecular flexibility index (Phi) is 5.57. The summed E-state index contributed by atoms with van der Waals surface area (Å²) in [5.41, 5.74) is 2.90. The smallest absolute Gasteiger partial charge is 0.269 e. The molecule has 0 spiro atoms. The summed E-state index contributed by atoms with van der Waals surface area (Å²) in [6.45, 7) is 3.92. The van der Waals surface area contributed by atoms with Crippen molar-refractivity contribution in [3.8, 4) is 0 Å². The van der Waals surface area contributed by atoms with E-state index in [2.05, 4.69) is 30.1 Å². The van der Waals surface area contributed by atoms with Gasteiger partial charge in [-0.1, -0.05) is 6.92 Å². The second kappa shape index (κ2) is 8.55. The number of anilines is 1. The maximum absolute atomic E-state index is 15.3. The van der Waals surface area contributed by atoms with Crippen LogP contribution in [0.15, 0.2) is 35.4 Å². The van der Waals surface area contributed by atoms with Crippen LogP contribution in [0.1, 0.15) is 41.4 Å². The molecule has 172 valence electrons. The molecule has 2 atom stereocenters. The van der Waals surface area contributed by atoms with Crippen LogP contribution >= 0.6 is 0 Å². The number of halogens is 1. The van der Waals surface area contributed by atoms with Gasteiger partial charge in [0.1, 0.15) is 11.2 Å². The lowest BCUT2D eigenvalue weighted by Gasteiger charge is -2.54. The molecule has 1 amide bonds. The molecular formula is C24H27FN6O2. The number of nitrogens with one attached hydrogen (secondary N) is 2. The number of carbonyl (C=O) groups excluding carboxylic acids is 1. The third kappa shape index (κ3) is 3.76. The molecule has 3 aromatic heterocycles. The minimum atomic E-state index is -0.396. The van der Waals surface area contributed by atoms with Crippen LogP contribution in [0.5, 0.6) is 0 Å². The summed E-state index contributed by atoms with van der Waals surface area (Å²) in [4.78, 5) is 40.0. The Balaban J connectivity index is 1.34. The molecule has 8 nitrogen and oxygen atoms in total. The SMILES string of the molecule is CCc1cc2ncc(CN3CCN(c4ccc(C(=O)NC)nc4)[C@@H]4CCC43)c(F)c2[nH]c1=O. The van der Waals surface area contributed by atoms with E-state index in [1.54, 1.807) is 31.6 Å². The molecular weight excluding hydrogens is 423 g/mol. The Morgan fingerprint density at radius 2 is 2.00 bits per heavy atom. The van der Waals surface area contributed by atoms with Crippen LogP contribution in [0.3, 0.4) is 0 Å². The first kappa shape index (κ1) is 21.5. The zero-order valence-corrected chi connectivity index (χ0v) is 18.8. The minimum absolute atomic E-state index is 0.181. The molecule has 2 N–H and O–H groups in total. The van der Waals surface area contributed by atoms with Crippen molar-refractivity contribution in [1.29, 1.82) is 0 Å². The van der Waals surface area contributed by atoms with E-state index < -0.39 is 5.82 Å². The van der Waals surface area contributed by atoms with Crippen molar-refractivity contribution in [1.82, 2.24) is 25.2 Å². The molecule has 2 aliphatic rings. The van der Waals surface area contributed by atoms with Gasteiger partial charge in [0.25, 0.3) is 11.5 Å². The van der Waals surface area contributed by atoms with E-state index in [1.807, 2.05) is 13.0 Å². The summed E-state index contributed by atoms with van der Waals surface area (Å²) >= 11 is 0. The van der Waals surface area contributed by atoms with Crippen LogP contribution < -0.4 is 15.8 Å². The molecule has 1 aliphatic heterocycles. The zero-order valence-electron chi connectivity index (χ0n) is 18.8. The highest BCUT2D eigenvalue weighted by Gasteiger charge is 2.43. The van der Waals surface area contributed by atoms with Crippen molar-refractivity contribution < 1.29 is 9.18 Å². The first-order valence-corrected chi connectivity index (χ1v) is 11.4. The Hall–Kier alpha value is -3.33. The van der Waals surface area contributed by atoms with Gasteiger partial charge in [-0.15, -0.1) is 0 Å². The molecule has 0 radical (unpaired) electrons. The second-order valence-electron chi connectivity index (χ2n) is 8.69. The quantitative estimate of drug-likeness (QED) is 0.619. The average molecular weight is 451 g/mol. The molecule has 1 aliphatic carbocycles. The number of piperazine rings is 1. The van der Waals surface area contributed by atoms with Crippen molar-refractivity contribution in [2.24, 2.45) is 0 Å². The van der Waals surface area contributed by atoms with Crippen molar-refractivity contribution in [2.75, 3.05) is 25.0 Å². The molecule has 1 saturated carbocycles. The number of aromatic amines is 1. The Morgan fingerprint density at radius 3 is 2.67 bits per heavy atom. The van der Waals surface area contributed by atoms with Crippen LogP contribution in [-0.4, -0.2) is 58.0 Å². The van der Waals surface area contributed by atoms with E-state index in [9.17, 15) is 9.59 Å². The maximum Gasteiger partial charge on any atom is 0.269 e. The van der Waals surface area contributed by atoms with Gasteiger partial charge in [-0.3, -0.25) is 19.5 Å². The van der Waals surface area contributed by atoms with Crippen molar-refractivity contribution in [3.63, 3.8) is 0 Å². The topological polar surface area (TPSA) is 94.2 Å². The first-order valence-electron chi connectivity index (χ1n) is 11.4. The van der Waals surface area contributed by atoms with Crippen molar-refractivity contribution in [2.45, 2.75) is 44.8 Å². The summed E-state index contributed by atoms with van der Waals surface area (Å²) in [5, 5.41) is 2.58. The normalized spacial score (nSPS) is 20.4. The van der Waals surface area contributed by atoms with Gasteiger partial charge in [0, 0.05) is 56.1 Å². The molecule has 0 bridgehead atoms. The maximum atomic E-state index is 15.3. The molecule has 9 heteroatoms. The molecule has 5 rings (SSSR count). The van der Waals surface area contributed by atoms with E-state index in [1.165, 1.54) is 0 Å². The highest BCUT2D eigenvalue weighted by molar-refractivity contribution is 5.92. The number of fused-ring (bicyclic) bond motifs is 2. The van der Waals surface area contributed by atoms with Gasteiger partial charge >= 0.3 is 0 Å². The van der Waals surface area contributed by atoms with E-state index in [0.717, 1.165) is 31.6 Å². The van der Waals surface area contributed by atoms with E-state index in [4.69, 9.17) is 0 Å². The van der Waals surface area contributed by atoms with Crippen LogP contribution in [0, 0.1) is 5.82 Å². The van der Waals surface area contributed by atoms with Crippen molar-refractivity contribution >= 4 is 22.6 Å². The van der Waals surface area contributed by atoms with Gasteiger partial charge in [-0.2, -0.15) is 0 Å². The lowest BCUT2D eigenvalue weighted by molar-refractivity contribution is 0.0649. The number of pyridine rings is 3. The monoisotopic (exact) mass is 450 g/mol. The number of aryl methyl sites for hydroxylation is 1. The van der Waals surface area contributed by atoms with E-state index in [0.29, 0.717) is 47.4 Å². The lowest BCUT2D eigenvalue weighted by Crippen LogP contribution is -2.64. The molecule has 33 heavy (non-hydrogen) atoms. The first-order chi connectivity index (χ1) is 16.0. The Labute approximate surface area is 190 Å². The number of hydrogen-bond acceptors (Lipinski definition) is 6. The van der Waals surface area contributed by atoms with Crippen LogP contribution in [-0.2, 0) is 13.0 Å². The number of amides is 1. The molecule has 0 aromatic carbocycles. The standard InChI is InChI=1S/C24H27FN6O2/c1-3-14-10-18-22(29-23(14)32)21(25)15(11-27-18)13-30-8-9-31(20-7-6-19(20)30)16-4-5-17(28-12-16)24(33)26-2/h4-5,10-12,19-20H,3,6-9,13H2,1-2H3,(H,26,33)(H,29,32)/t19?,20-/m1/s1. The van der Waals surface area contributed by atoms with Gasteiger partial charge in [0.2, 0.25) is 0 Å². The van der Waals surface area contributed by atoms with Gasteiger partial charge in [-0.25, -0.2) is 9.37 Å². The minimum Gasteiger partial charge on any atom is -0.364 e. The molecule has 1 saturated heterocycles. The summed E-state index contributed by atoms with van der Waals surface area (Å²) in [5.74, 6) is -0.599. The number of nitrogens with zero attached hydrogens (tertiary/aromatic N) is 4. The Bertz CT molecular complexity index is 1260.